The van der Waals surface area contributed by atoms with Crippen LogP contribution in [0.25, 0.3) is 0 Å². The molecule has 1 amide bonds. The van der Waals surface area contributed by atoms with Crippen LogP contribution < -0.4 is 10.6 Å². The number of aryl methyl sites for hydroxylation is 1. The highest BCUT2D eigenvalue weighted by Crippen LogP contribution is 2.39. The lowest BCUT2D eigenvalue weighted by molar-refractivity contribution is -0.124. The van der Waals surface area contributed by atoms with Crippen molar-refractivity contribution in [2.45, 2.75) is 68.9 Å². The van der Waals surface area contributed by atoms with Gasteiger partial charge in [-0.05, 0) is 74.9 Å². The molecule has 1 aromatic heterocycles. The van der Waals surface area contributed by atoms with Crippen LogP contribution in [0, 0.1) is 0 Å². The molecule has 21 heavy (non-hydrogen) atoms. The highest BCUT2D eigenvalue weighted by Gasteiger charge is 2.41. The lowest BCUT2D eigenvalue weighted by Gasteiger charge is -2.48. The third-order valence-electron chi connectivity index (χ3n) is 5.66. The molecule has 1 aromatic rings. The Bertz CT molecular complexity index is 535. The molecule has 3 nitrogen and oxygen atoms in total. The van der Waals surface area contributed by atoms with E-state index in [1.165, 1.54) is 29.7 Å². The zero-order valence-electron chi connectivity index (χ0n) is 12.5. The van der Waals surface area contributed by atoms with Gasteiger partial charge in [0.25, 0.3) is 0 Å². The van der Waals surface area contributed by atoms with Crippen LogP contribution in [0.1, 0.15) is 61.3 Å². The van der Waals surface area contributed by atoms with Crippen molar-refractivity contribution in [3.05, 3.63) is 21.9 Å². The van der Waals surface area contributed by atoms with Gasteiger partial charge in [0, 0.05) is 16.5 Å². The van der Waals surface area contributed by atoms with Crippen LogP contribution >= 0.6 is 11.3 Å². The molecule has 4 heteroatoms. The summed E-state index contributed by atoms with van der Waals surface area (Å²) in [5, 5.41) is 9.19. The summed E-state index contributed by atoms with van der Waals surface area (Å²) < 4.78 is 0. The van der Waals surface area contributed by atoms with E-state index in [4.69, 9.17) is 0 Å². The maximum Gasteiger partial charge on any atom is 0.227 e. The van der Waals surface area contributed by atoms with Crippen LogP contribution in [0.2, 0.25) is 0 Å². The molecular weight excluding hydrogens is 280 g/mol. The largest absolute Gasteiger partial charge is 0.353 e. The van der Waals surface area contributed by atoms with Gasteiger partial charge in [0.1, 0.15) is 0 Å². The van der Waals surface area contributed by atoms with Crippen LogP contribution in [-0.4, -0.2) is 24.0 Å². The van der Waals surface area contributed by atoms with E-state index in [9.17, 15) is 4.79 Å². The molecule has 3 aliphatic rings. The quantitative estimate of drug-likeness (QED) is 0.882. The standard InChI is InChI=1S/C17H24N2OS/c20-16(14-3-1-4-15-13(14)6-10-21-15)19-12-5-9-18-17(11-12)7-2-8-17/h6,10,12,14,18H,1-5,7-9,11H2,(H,19,20). The Kier molecular flexibility index (Phi) is 3.54. The number of nitrogens with one attached hydrogen (secondary N) is 2. The van der Waals surface area contributed by atoms with E-state index in [0.717, 1.165) is 38.6 Å². The van der Waals surface area contributed by atoms with Crippen molar-refractivity contribution in [1.82, 2.24) is 10.6 Å². The Morgan fingerprint density at radius 1 is 1.33 bits per heavy atom. The predicted octanol–water partition coefficient (Wildman–Crippen LogP) is 2.96. The smallest absolute Gasteiger partial charge is 0.227 e. The fourth-order valence-corrected chi connectivity index (χ4v) is 5.31. The number of hydrogen-bond donors (Lipinski definition) is 2. The summed E-state index contributed by atoms with van der Waals surface area (Å²) in [6.45, 7) is 1.05. The maximum absolute atomic E-state index is 12.7. The van der Waals surface area contributed by atoms with Crippen molar-refractivity contribution in [1.29, 1.82) is 0 Å². The van der Waals surface area contributed by atoms with E-state index < -0.39 is 0 Å². The normalized spacial score (nSPS) is 30.5. The average Bonchev–Trinajstić information content (AvgIpc) is 2.94. The van der Waals surface area contributed by atoms with Crippen LogP contribution in [-0.2, 0) is 11.2 Å². The minimum atomic E-state index is 0.104. The molecule has 2 unspecified atom stereocenters. The highest BCUT2D eigenvalue weighted by molar-refractivity contribution is 7.10. The molecular formula is C17H24N2OS. The van der Waals surface area contributed by atoms with Gasteiger partial charge in [0.2, 0.25) is 5.91 Å². The van der Waals surface area contributed by atoms with Crippen LogP contribution in [0.3, 0.4) is 0 Å². The second-order valence-corrected chi connectivity index (χ2v) is 8.00. The van der Waals surface area contributed by atoms with Crippen molar-refractivity contribution in [2.75, 3.05) is 6.54 Å². The number of carbonyl (C=O) groups is 1. The van der Waals surface area contributed by atoms with Crippen molar-refractivity contribution >= 4 is 17.2 Å². The van der Waals surface area contributed by atoms with Gasteiger partial charge in [-0.25, -0.2) is 0 Å². The van der Waals surface area contributed by atoms with Gasteiger partial charge in [-0.15, -0.1) is 11.3 Å². The molecule has 1 spiro atoms. The number of carbonyl (C=O) groups excluding carboxylic acids is 1. The molecule has 1 saturated carbocycles. The van der Waals surface area contributed by atoms with Crippen LogP contribution in [0.5, 0.6) is 0 Å². The molecule has 2 atom stereocenters. The summed E-state index contributed by atoms with van der Waals surface area (Å²) in [4.78, 5) is 14.2. The molecule has 114 valence electrons. The van der Waals surface area contributed by atoms with Gasteiger partial charge in [-0.2, -0.15) is 0 Å². The first-order valence-corrected chi connectivity index (χ1v) is 9.25. The molecule has 0 radical (unpaired) electrons. The van der Waals surface area contributed by atoms with Gasteiger partial charge in [-0.1, -0.05) is 0 Å². The van der Waals surface area contributed by atoms with Gasteiger partial charge in [0.05, 0.1) is 5.92 Å². The second kappa shape index (κ2) is 5.40. The minimum absolute atomic E-state index is 0.104. The minimum Gasteiger partial charge on any atom is -0.353 e. The van der Waals surface area contributed by atoms with Gasteiger partial charge >= 0.3 is 0 Å². The Morgan fingerprint density at radius 2 is 2.24 bits per heavy atom. The molecule has 2 N–H and O–H groups in total. The van der Waals surface area contributed by atoms with E-state index in [1.807, 2.05) is 11.3 Å². The number of piperidine rings is 1. The lowest BCUT2D eigenvalue weighted by Crippen LogP contribution is -2.60. The molecule has 2 fully saturated rings. The number of rotatable bonds is 2. The van der Waals surface area contributed by atoms with Gasteiger partial charge in [0.15, 0.2) is 0 Å². The topological polar surface area (TPSA) is 41.1 Å². The number of hydrogen-bond acceptors (Lipinski definition) is 3. The van der Waals surface area contributed by atoms with Crippen molar-refractivity contribution < 1.29 is 4.79 Å². The van der Waals surface area contributed by atoms with Crippen molar-refractivity contribution in [3.8, 4) is 0 Å². The SMILES string of the molecule is O=C(NC1CCNC2(CCC2)C1)C1CCCc2sccc21. The Hall–Kier alpha value is -0.870. The van der Waals surface area contributed by atoms with E-state index >= 15 is 0 Å². The Labute approximate surface area is 130 Å². The van der Waals surface area contributed by atoms with E-state index in [0.29, 0.717) is 11.6 Å². The fourth-order valence-electron chi connectivity index (χ4n) is 4.33. The molecule has 1 aliphatic heterocycles. The molecule has 4 rings (SSSR count). The Morgan fingerprint density at radius 3 is 3.05 bits per heavy atom. The van der Waals surface area contributed by atoms with Gasteiger partial charge < -0.3 is 10.6 Å². The molecule has 2 heterocycles. The summed E-state index contributed by atoms with van der Waals surface area (Å²) in [5.74, 6) is 0.378. The third-order valence-corrected chi connectivity index (χ3v) is 6.65. The van der Waals surface area contributed by atoms with Gasteiger partial charge in [-0.3, -0.25) is 4.79 Å². The number of thiophene rings is 1. The van der Waals surface area contributed by atoms with E-state index in [1.54, 1.807) is 0 Å². The summed E-state index contributed by atoms with van der Waals surface area (Å²) >= 11 is 1.82. The highest BCUT2D eigenvalue weighted by atomic mass is 32.1. The second-order valence-electron chi connectivity index (χ2n) is 7.00. The average molecular weight is 304 g/mol. The van der Waals surface area contributed by atoms with E-state index in [-0.39, 0.29) is 11.8 Å². The third kappa shape index (κ3) is 2.53. The summed E-state index contributed by atoms with van der Waals surface area (Å²) in [7, 11) is 0. The lowest BCUT2D eigenvalue weighted by atomic mass is 9.70. The molecule has 0 aromatic carbocycles. The van der Waals surface area contributed by atoms with Crippen molar-refractivity contribution in [2.24, 2.45) is 0 Å². The van der Waals surface area contributed by atoms with Crippen molar-refractivity contribution in [3.63, 3.8) is 0 Å². The summed E-state index contributed by atoms with van der Waals surface area (Å²) in [6.07, 6.45) is 9.46. The van der Waals surface area contributed by atoms with Crippen LogP contribution in [0.4, 0.5) is 0 Å². The first-order chi connectivity index (χ1) is 10.3. The number of fused-ring (bicyclic) bond motifs is 1. The molecule has 2 aliphatic carbocycles. The Balaban J connectivity index is 1.42. The first kappa shape index (κ1) is 13.8. The summed E-state index contributed by atoms with van der Waals surface area (Å²) in [5.41, 5.74) is 1.66. The zero-order valence-corrected chi connectivity index (χ0v) is 13.3. The first-order valence-electron chi connectivity index (χ1n) is 8.37. The summed E-state index contributed by atoms with van der Waals surface area (Å²) in [6, 6.07) is 2.54. The monoisotopic (exact) mass is 304 g/mol. The van der Waals surface area contributed by atoms with Crippen LogP contribution in [0.15, 0.2) is 11.4 Å². The zero-order chi connectivity index (χ0) is 14.3. The molecule has 0 bridgehead atoms. The maximum atomic E-state index is 12.7. The van der Waals surface area contributed by atoms with E-state index in [2.05, 4.69) is 22.1 Å². The predicted molar refractivity (Wildman–Crippen MR) is 85.7 cm³/mol. The fraction of sp³-hybridized carbons (Fsp3) is 0.706. The molecule has 1 saturated heterocycles. The number of amides is 1.